The first-order chi connectivity index (χ1) is 10.5. The maximum absolute atomic E-state index is 11.8. The monoisotopic (exact) mass is 299 g/mol. The fourth-order valence-corrected chi connectivity index (χ4v) is 2.04. The normalized spacial score (nSPS) is 16.9. The Morgan fingerprint density at radius 2 is 1.77 bits per heavy atom. The van der Waals surface area contributed by atoms with Crippen molar-refractivity contribution in [1.29, 1.82) is 0 Å². The molecule has 7 nitrogen and oxygen atoms in total. The van der Waals surface area contributed by atoms with Crippen LogP contribution in [0.4, 0.5) is 5.82 Å². The largest absolute Gasteiger partial charge is 0.419 e. The number of nitrogens with zero attached hydrogens (tertiary/aromatic N) is 2. The number of ether oxygens (including phenoxy) is 2. The molecule has 0 radical (unpaired) electrons. The number of anilines is 1. The van der Waals surface area contributed by atoms with Crippen molar-refractivity contribution in [2.75, 3.05) is 5.32 Å². The lowest BCUT2D eigenvalue weighted by atomic mass is 10.2. The van der Waals surface area contributed by atoms with E-state index >= 15 is 0 Å². The summed E-state index contributed by atoms with van der Waals surface area (Å²) in [4.78, 5) is 31.9. The SMILES string of the molecule is CC1(C)OC(=O)C(=CNc2ncnc3ccccc23)C(=O)O1. The molecule has 0 saturated carbocycles. The Kier molecular flexibility index (Phi) is 3.25. The Bertz CT molecular complexity index is 771. The average Bonchev–Trinajstić information content (AvgIpc) is 2.45. The standard InChI is InChI=1S/C15H13N3O4/c1-15(2)21-13(19)10(14(20)22-15)7-16-12-9-5-3-4-6-11(9)17-8-18-12/h3-8H,1-2H3,(H,16,17,18). The zero-order valence-corrected chi connectivity index (χ0v) is 12.0. The van der Waals surface area contributed by atoms with Gasteiger partial charge in [-0.2, -0.15) is 0 Å². The molecule has 0 aliphatic carbocycles. The van der Waals surface area contributed by atoms with Gasteiger partial charge in [0.2, 0.25) is 0 Å². The van der Waals surface area contributed by atoms with Gasteiger partial charge in [-0.05, 0) is 12.1 Å². The van der Waals surface area contributed by atoms with Gasteiger partial charge in [0.25, 0.3) is 5.79 Å². The van der Waals surface area contributed by atoms with Gasteiger partial charge >= 0.3 is 11.9 Å². The van der Waals surface area contributed by atoms with Crippen LogP contribution in [0, 0.1) is 0 Å². The van der Waals surface area contributed by atoms with Gasteiger partial charge < -0.3 is 14.8 Å². The van der Waals surface area contributed by atoms with Gasteiger partial charge in [0.05, 0.1) is 5.52 Å². The number of benzene rings is 1. The first-order valence-corrected chi connectivity index (χ1v) is 6.59. The van der Waals surface area contributed by atoms with Gasteiger partial charge in [-0.15, -0.1) is 0 Å². The van der Waals surface area contributed by atoms with E-state index in [1.165, 1.54) is 26.4 Å². The highest BCUT2D eigenvalue weighted by molar-refractivity contribution is 6.15. The highest BCUT2D eigenvalue weighted by atomic mass is 16.7. The van der Waals surface area contributed by atoms with E-state index in [0.717, 1.165) is 10.9 Å². The fraction of sp³-hybridized carbons (Fsp3) is 0.200. The van der Waals surface area contributed by atoms with Crippen LogP contribution >= 0.6 is 0 Å². The number of aromatic nitrogens is 2. The molecule has 1 saturated heterocycles. The number of carbonyl (C=O) groups is 2. The quantitative estimate of drug-likeness (QED) is 0.513. The molecule has 1 aliphatic rings. The molecule has 2 heterocycles. The predicted molar refractivity (Wildman–Crippen MR) is 77.5 cm³/mol. The van der Waals surface area contributed by atoms with Crippen LogP contribution in [0.5, 0.6) is 0 Å². The highest BCUT2D eigenvalue weighted by Crippen LogP contribution is 2.23. The second kappa shape index (κ2) is 5.10. The minimum Gasteiger partial charge on any atom is -0.419 e. The summed E-state index contributed by atoms with van der Waals surface area (Å²) >= 11 is 0. The van der Waals surface area contributed by atoms with E-state index in [1.807, 2.05) is 24.3 Å². The van der Waals surface area contributed by atoms with E-state index in [-0.39, 0.29) is 5.57 Å². The first kappa shape index (κ1) is 14.0. The molecule has 2 aromatic rings. The molecule has 3 rings (SSSR count). The van der Waals surface area contributed by atoms with Gasteiger partial charge in [-0.25, -0.2) is 19.6 Å². The lowest BCUT2D eigenvalue weighted by Crippen LogP contribution is -2.42. The molecule has 1 N–H and O–H groups in total. The van der Waals surface area contributed by atoms with Crippen molar-refractivity contribution >= 4 is 28.7 Å². The predicted octanol–water partition coefficient (Wildman–Crippen LogP) is 1.76. The van der Waals surface area contributed by atoms with Crippen molar-refractivity contribution in [1.82, 2.24) is 9.97 Å². The second-order valence-corrected chi connectivity index (χ2v) is 5.12. The van der Waals surface area contributed by atoms with Crippen LogP contribution in [0.2, 0.25) is 0 Å². The molecule has 22 heavy (non-hydrogen) atoms. The molecule has 0 spiro atoms. The molecule has 7 heteroatoms. The summed E-state index contributed by atoms with van der Waals surface area (Å²) < 4.78 is 10.0. The smallest absolute Gasteiger partial charge is 0.350 e. The minimum atomic E-state index is -1.26. The van der Waals surface area contributed by atoms with E-state index in [2.05, 4.69) is 15.3 Å². The lowest BCUT2D eigenvalue weighted by Gasteiger charge is -2.29. The Labute approximate surface area is 126 Å². The summed E-state index contributed by atoms with van der Waals surface area (Å²) in [5.41, 5.74) is 0.523. The van der Waals surface area contributed by atoms with Crippen LogP contribution in [0.3, 0.4) is 0 Å². The van der Waals surface area contributed by atoms with Crippen molar-refractivity contribution in [2.45, 2.75) is 19.6 Å². The van der Waals surface area contributed by atoms with E-state index in [9.17, 15) is 9.59 Å². The molecule has 1 fully saturated rings. The van der Waals surface area contributed by atoms with Crippen LogP contribution in [-0.2, 0) is 19.1 Å². The number of esters is 2. The first-order valence-electron chi connectivity index (χ1n) is 6.59. The second-order valence-electron chi connectivity index (χ2n) is 5.12. The number of fused-ring (bicyclic) bond motifs is 1. The topological polar surface area (TPSA) is 90.4 Å². The summed E-state index contributed by atoms with van der Waals surface area (Å²) in [5, 5.41) is 3.59. The Morgan fingerprint density at radius 1 is 1.09 bits per heavy atom. The fourth-order valence-electron chi connectivity index (χ4n) is 2.04. The third-order valence-corrected chi connectivity index (χ3v) is 3.01. The number of rotatable bonds is 2. The third-order valence-electron chi connectivity index (χ3n) is 3.01. The van der Waals surface area contributed by atoms with E-state index in [4.69, 9.17) is 9.47 Å². The number of para-hydroxylation sites is 1. The van der Waals surface area contributed by atoms with Crippen molar-refractivity contribution in [3.05, 3.63) is 42.4 Å². The molecule has 0 bridgehead atoms. The van der Waals surface area contributed by atoms with E-state index in [1.54, 1.807) is 0 Å². The molecular weight excluding hydrogens is 286 g/mol. The summed E-state index contributed by atoms with van der Waals surface area (Å²) in [6, 6.07) is 7.36. The molecule has 0 unspecified atom stereocenters. The maximum atomic E-state index is 11.8. The molecule has 1 aromatic carbocycles. The molecule has 1 aliphatic heterocycles. The van der Waals surface area contributed by atoms with Crippen LogP contribution in [0.15, 0.2) is 42.4 Å². The maximum Gasteiger partial charge on any atom is 0.350 e. The zero-order chi connectivity index (χ0) is 15.7. The molecule has 112 valence electrons. The Morgan fingerprint density at radius 3 is 2.50 bits per heavy atom. The third kappa shape index (κ3) is 2.60. The number of hydrogen-bond donors (Lipinski definition) is 1. The van der Waals surface area contributed by atoms with Crippen LogP contribution in [0.1, 0.15) is 13.8 Å². The van der Waals surface area contributed by atoms with Crippen LogP contribution in [0.25, 0.3) is 10.9 Å². The lowest BCUT2D eigenvalue weighted by molar-refractivity contribution is -0.222. The number of carbonyl (C=O) groups excluding carboxylic acids is 2. The summed E-state index contributed by atoms with van der Waals surface area (Å²) in [6.45, 7) is 2.98. The molecule has 1 aromatic heterocycles. The van der Waals surface area contributed by atoms with E-state index < -0.39 is 17.7 Å². The van der Waals surface area contributed by atoms with Gasteiger partial charge in [-0.1, -0.05) is 12.1 Å². The summed E-state index contributed by atoms with van der Waals surface area (Å²) in [6.07, 6.45) is 2.62. The van der Waals surface area contributed by atoms with Gasteiger partial charge in [0.1, 0.15) is 12.1 Å². The number of hydrogen-bond acceptors (Lipinski definition) is 7. The average molecular weight is 299 g/mol. The molecular formula is C15H13N3O4. The van der Waals surface area contributed by atoms with Gasteiger partial charge in [0.15, 0.2) is 5.57 Å². The number of cyclic esters (lactones) is 2. The van der Waals surface area contributed by atoms with Gasteiger partial charge in [0, 0.05) is 25.4 Å². The zero-order valence-electron chi connectivity index (χ0n) is 12.0. The van der Waals surface area contributed by atoms with Gasteiger partial charge in [-0.3, -0.25) is 0 Å². The summed E-state index contributed by atoms with van der Waals surface area (Å²) in [5.74, 6) is -2.27. The number of nitrogens with one attached hydrogen (secondary N) is 1. The van der Waals surface area contributed by atoms with Crippen molar-refractivity contribution < 1.29 is 19.1 Å². The molecule has 0 atom stereocenters. The summed E-state index contributed by atoms with van der Waals surface area (Å²) in [7, 11) is 0. The van der Waals surface area contributed by atoms with Crippen molar-refractivity contribution in [3.8, 4) is 0 Å². The highest BCUT2D eigenvalue weighted by Gasteiger charge is 2.38. The minimum absolute atomic E-state index is 0.220. The molecule has 0 amide bonds. The van der Waals surface area contributed by atoms with Crippen LogP contribution < -0.4 is 5.32 Å². The van der Waals surface area contributed by atoms with Crippen LogP contribution in [-0.4, -0.2) is 27.7 Å². The van der Waals surface area contributed by atoms with E-state index in [0.29, 0.717) is 5.82 Å². The van der Waals surface area contributed by atoms with Crippen molar-refractivity contribution in [2.24, 2.45) is 0 Å². The van der Waals surface area contributed by atoms with Crippen molar-refractivity contribution in [3.63, 3.8) is 0 Å². The Hall–Kier alpha value is -2.96. The Balaban J connectivity index is 1.90.